The number of nitrogens with one attached hydrogen (secondary N) is 1. The summed E-state index contributed by atoms with van der Waals surface area (Å²) in [6, 6.07) is 11.4. The number of anilines is 1. The highest BCUT2D eigenvalue weighted by molar-refractivity contribution is 7.92. The van der Waals surface area contributed by atoms with Crippen LogP contribution in [0.5, 0.6) is 0 Å². The Hall–Kier alpha value is -2.29. The van der Waals surface area contributed by atoms with E-state index in [4.69, 9.17) is 23.2 Å². The molecule has 0 aromatic heterocycles. The molecule has 7 nitrogen and oxygen atoms in total. The van der Waals surface area contributed by atoms with E-state index < -0.39 is 21.6 Å². The van der Waals surface area contributed by atoms with Gasteiger partial charge in [-0.25, -0.2) is 8.42 Å². The van der Waals surface area contributed by atoms with Crippen molar-refractivity contribution < 1.29 is 18.0 Å². The van der Waals surface area contributed by atoms with E-state index in [0.29, 0.717) is 21.3 Å². The van der Waals surface area contributed by atoms with Gasteiger partial charge in [-0.3, -0.25) is 13.9 Å². The van der Waals surface area contributed by atoms with E-state index in [0.717, 1.165) is 11.8 Å². The zero-order chi connectivity index (χ0) is 27.3. The third-order valence-corrected chi connectivity index (χ3v) is 7.24. The maximum Gasteiger partial charge on any atom is 0.242 e. The van der Waals surface area contributed by atoms with Crippen LogP contribution in [0.4, 0.5) is 5.69 Å². The number of benzene rings is 2. The number of halogens is 2. The molecule has 0 heterocycles. The number of hydrogen-bond donors (Lipinski definition) is 1. The summed E-state index contributed by atoms with van der Waals surface area (Å²) in [7, 11) is -3.55. The van der Waals surface area contributed by atoms with Gasteiger partial charge in [-0.1, -0.05) is 41.4 Å². The second-order valence-corrected chi connectivity index (χ2v) is 12.7. The summed E-state index contributed by atoms with van der Waals surface area (Å²) in [6.07, 6.45) is 1.47. The summed E-state index contributed by atoms with van der Waals surface area (Å²) in [5, 5.41) is 3.77. The Morgan fingerprint density at radius 1 is 1.08 bits per heavy atom. The van der Waals surface area contributed by atoms with Crippen molar-refractivity contribution in [1.29, 1.82) is 0 Å². The first-order valence-corrected chi connectivity index (χ1v) is 14.3. The largest absolute Gasteiger partial charge is 0.350 e. The predicted octanol–water partition coefficient (Wildman–Crippen LogP) is 5.18. The normalized spacial score (nSPS) is 12.7. The van der Waals surface area contributed by atoms with Crippen LogP contribution in [-0.2, 0) is 26.2 Å². The molecule has 0 bridgehead atoms. The number of sulfonamides is 1. The van der Waals surface area contributed by atoms with Crippen molar-refractivity contribution in [3.05, 3.63) is 63.6 Å². The molecule has 2 amide bonds. The second-order valence-electron chi connectivity index (χ2n) is 9.95. The Morgan fingerprint density at radius 3 is 2.31 bits per heavy atom. The smallest absolute Gasteiger partial charge is 0.242 e. The lowest BCUT2D eigenvalue weighted by Crippen LogP contribution is -2.52. The molecule has 10 heteroatoms. The van der Waals surface area contributed by atoms with Crippen LogP contribution in [0.25, 0.3) is 0 Å². The molecule has 2 rings (SSSR count). The molecular weight excluding hydrogens is 521 g/mol. The number of nitrogens with zero attached hydrogens (tertiary/aromatic N) is 2. The molecule has 0 saturated heterocycles. The van der Waals surface area contributed by atoms with Gasteiger partial charge in [0.15, 0.2) is 0 Å². The molecule has 1 atom stereocenters. The lowest BCUT2D eigenvalue weighted by atomic mass is 10.1. The van der Waals surface area contributed by atoms with E-state index in [1.54, 1.807) is 43.3 Å². The summed E-state index contributed by atoms with van der Waals surface area (Å²) >= 11 is 12.4. The maximum absolute atomic E-state index is 13.4. The van der Waals surface area contributed by atoms with Gasteiger partial charge in [-0.15, -0.1) is 0 Å². The van der Waals surface area contributed by atoms with Crippen molar-refractivity contribution in [2.75, 3.05) is 17.1 Å². The summed E-state index contributed by atoms with van der Waals surface area (Å²) in [5.41, 5.74) is 1.67. The molecular formula is C26H35Cl2N3O4S. The standard InChI is InChI=1S/C26H35Cl2N3O4S/c1-18-9-7-10-22(15-18)31(36(6,34)35)14-8-11-24(32)30(19(2)25(33)29-26(3,4)5)17-20-12-13-21(27)16-23(20)28/h7,9-10,12-13,15-16,19H,8,11,14,17H2,1-6H3,(H,29,33)/t19-/m0/s1. The van der Waals surface area contributed by atoms with Gasteiger partial charge in [-0.2, -0.15) is 0 Å². The van der Waals surface area contributed by atoms with Gasteiger partial charge < -0.3 is 10.2 Å². The van der Waals surface area contributed by atoms with Gasteiger partial charge in [0, 0.05) is 35.1 Å². The van der Waals surface area contributed by atoms with Crippen molar-refractivity contribution in [2.45, 2.75) is 65.6 Å². The lowest BCUT2D eigenvalue weighted by Gasteiger charge is -2.32. The van der Waals surface area contributed by atoms with Gasteiger partial charge in [0.1, 0.15) is 6.04 Å². The molecule has 0 fully saturated rings. The molecule has 0 spiro atoms. The quantitative estimate of drug-likeness (QED) is 0.437. The predicted molar refractivity (Wildman–Crippen MR) is 147 cm³/mol. The van der Waals surface area contributed by atoms with E-state index in [1.165, 1.54) is 9.21 Å². The topological polar surface area (TPSA) is 86.8 Å². The number of amides is 2. The highest BCUT2D eigenvalue weighted by Crippen LogP contribution is 2.24. The Labute approximate surface area is 224 Å². The number of carbonyl (C=O) groups excluding carboxylic acids is 2. The molecule has 36 heavy (non-hydrogen) atoms. The summed E-state index contributed by atoms with van der Waals surface area (Å²) < 4.78 is 26.2. The van der Waals surface area contributed by atoms with Crippen LogP contribution in [0.2, 0.25) is 10.0 Å². The van der Waals surface area contributed by atoms with E-state index in [-0.39, 0.29) is 37.7 Å². The summed E-state index contributed by atoms with van der Waals surface area (Å²) in [5.74, 6) is -0.575. The maximum atomic E-state index is 13.4. The minimum atomic E-state index is -3.55. The monoisotopic (exact) mass is 555 g/mol. The van der Waals surface area contributed by atoms with Crippen molar-refractivity contribution in [2.24, 2.45) is 0 Å². The highest BCUT2D eigenvalue weighted by atomic mass is 35.5. The minimum absolute atomic E-state index is 0.0518. The number of aryl methyl sites for hydroxylation is 1. The molecule has 198 valence electrons. The van der Waals surface area contributed by atoms with E-state index >= 15 is 0 Å². The Kier molecular flexibility index (Phi) is 10.2. The second kappa shape index (κ2) is 12.3. The summed E-state index contributed by atoms with van der Waals surface area (Å²) in [6.45, 7) is 9.39. The molecule has 2 aromatic carbocycles. The average Bonchev–Trinajstić information content (AvgIpc) is 2.73. The zero-order valence-electron chi connectivity index (χ0n) is 21.6. The van der Waals surface area contributed by atoms with Gasteiger partial charge in [0.2, 0.25) is 21.8 Å². The van der Waals surface area contributed by atoms with E-state index in [9.17, 15) is 18.0 Å². The van der Waals surface area contributed by atoms with Crippen molar-refractivity contribution >= 4 is 50.7 Å². The van der Waals surface area contributed by atoms with Gasteiger partial charge in [0.05, 0.1) is 11.9 Å². The minimum Gasteiger partial charge on any atom is -0.350 e. The molecule has 0 aliphatic rings. The van der Waals surface area contributed by atoms with Crippen LogP contribution in [0, 0.1) is 6.92 Å². The van der Waals surface area contributed by atoms with Crippen LogP contribution < -0.4 is 9.62 Å². The van der Waals surface area contributed by atoms with Crippen LogP contribution >= 0.6 is 23.2 Å². The number of carbonyl (C=O) groups is 2. The van der Waals surface area contributed by atoms with Crippen molar-refractivity contribution in [1.82, 2.24) is 10.2 Å². The van der Waals surface area contributed by atoms with Crippen molar-refractivity contribution in [3.8, 4) is 0 Å². The first kappa shape index (κ1) is 29.9. The van der Waals surface area contributed by atoms with Gasteiger partial charge in [0.25, 0.3) is 0 Å². The number of rotatable bonds is 10. The molecule has 2 aromatic rings. The van der Waals surface area contributed by atoms with Gasteiger partial charge >= 0.3 is 0 Å². The Balaban J connectivity index is 2.23. The van der Waals surface area contributed by atoms with E-state index in [2.05, 4.69) is 5.32 Å². The molecule has 0 aliphatic heterocycles. The third-order valence-electron chi connectivity index (χ3n) is 5.46. The third kappa shape index (κ3) is 8.98. The molecule has 0 radical (unpaired) electrons. The van der Waals surface area contributed by atoms with E-state index in [1.807, 2.05) is 33.8 Å². The molecule has 1 N–H and O–H groups in total. The fourth-order valence-electron chi connectivity index (χ4n) is 3.68. The number of hydrogen-bond acceptors (Lipinski definition) is 4. The van der Waals surface area contributed by atoms with Crippen LogP contribution in [0.15, 0.2) is 42.5 Å². The first-order chi connectivity index (χ1) is 16.6. The van der Waals surface area contributed by atoms with Crippen LogP contribution in [-0.4, -0.2) is 49.5 Å². The zero-order valence-corrected chi connectivity index (χ0v) is 24.0. The summed E-state index contributed by atoms with van der Waals surface area (Å²) in [4.78, 5) is 27.8. The molecule has 0 saturated carbocycles. The van der Waals surface area contributed by atoms with Gasteiger partial charge in [-0.05, 0) is 76.4 Å². The van der Waals surface area contributed by atoms with Crippen molar-refractivity contribution in [3.63, 3.8) is 0 Å². The first-order valence-electron chi connectivity index (χ1n) is 11.7. The highest BCUT2D eigenvalue weighted by Gasteiger charge is 2.29. The lowest BCUT2D eigenvalue weighted by molar-refractivity contribution is -0.141. The molecule has 0 unspecified atom stereocenters. The average molecular weight is 557 g/mol. The fourth-order valence-corrected chi connectivity index (χ4v) is 5.10. The van der Waals surface area contributed by atoms with Crippen LogP contribution in [0.3, 0.4) is 0 Å². The SMILES string of the molecule is Cc1cccc(N(CCCC(=O)N(Cc2ccc(Cl)cc2Cl)[C@@H](C)C(=O)NC(C)(C)C)S(C)(=O)=O)c1. The fraction of sp³-hybridized carbons (Fsp3) is 0.462. The molecule has 0 aliphatic carbocycles. The Bertz CT molecular complexity index is 1200. The Morgan fingerprint density at radius 2 is 1.75 bits per heavy atom. The van der Waals surface area contributed by atoms with Crippen LogP contribution in [0.1, 0.15) is 51.7 Å².